The molecule has 0 bridgehead atoms. The van der Waals surface area contributed by atoms with E-state index in [0.29, 0.717) is 6.42 Å². The third-order valence-electron chi connectivity index (χ3n) is 2.99. The summed E-state index contributed by atoms with van der Waals surface area (Å²) < 4.78 is 0. The van der Waals surface area contributed by atoms with E-state index < -0.39 is 5.97 Å². The van der Waals surface area contributed by atoms with Crippen molar-refractivity contribution in [3.8, 4) is 0 Å². The van der Waals surface area contributed by atoms with Crippen LogP contribution in [0.3, 0.4) is 0 Å². The van der Waals surface area contributed by atoms with Crippen LogP contribution in [-0.4, -0.2) is 17.0 Å². The molecule has 1 rings (SSSR count). The predicted octanol–water partition coefficient (Wildman–Crippen LogP) is 3.08. The molecular weight excluding hydrogens is 242 g/mol. The van der Waals surface area contributed by atoms with Crippen LogP contribution in [0.5, 0.6) is 0 Å². The van der Waals surface area contributed by atoms with E-state index >= 15 is 0 Å². The first kappa shape index (κ1) is 15.2. The summed E-state index contributed by atoms with van der Waals surface area (Å²) in [7, 11) is 0. The van der Waals surface area contributed by atoms with Crippen LogP contribution in [0.4, 0.5) is 5.69 Å². The van der Waals surface area contributed by atoms with Crippen LogP contribution in [0.25, 0.3) is 0 Å². The molecule has 0 radical (unpaired) electrons. The minimum absolute atomic E-state index is 0.00678. The second kappa shape index (κ2) is 7.56. The maximum atomic E-state index is 11.9. The minimum Gasteiger partial charge on any atom is -0.481 e. The molecular formula is C15H21NO3. The van der Waals surface area contributed by atoms with E-state index in [1.54, 1.807) is 0 Å². The number of amides is 1. The minimum atomic E-state index is -0.814. The van der Waals surface area contributed by atoms with Gasteiger partial charge in [-0.2, -0.15) is 0 Å². The lowest BCUT2D eigenvalue weighted by atomic mass is 10.0. The summed E-state index contributed by atoms with van der Waals surface area (Å²) in [6.45, 7) is 3.96. The van der Waals surface area contributed by atoms with Crippen molar-refractivity contribution in [1.29, 1.82) is 0 Å². The molecule has 1 unspecified atom stereocenters. The van der Waals surface area contributed by atoms with E-state index in [2.05, 4.69) is 12.2 Å². The summed E-state index contributed by atoms with van der Waals surface area (Å²) in [5.74, 6) is -0.809. The highest BCUT2D eigenvalue weighted by Gasteiger charge is 2.11. The Labute approximate surface area is 113 Å². The van der Waals surface area contributed by atoms with Gasteiger partial charge in [0.1, 0.15) is 0 Å². The van der Waals surface area contributed by atoms with Crippen molar-refractivity contribution in [2.45, 2.75) is 39.5 Å². The fourth-order valence-electron chi connectivity index (χ4n) is 1.89. The van der Waals surface area contributed by atoms with Crippen molar-refractivity contribution in [3.63, 3.8) is 0 Å². The Hall–Kier alpha value is -1.84. The molecule has 0 spiro atoms. The largest absolute Gasteiger partial charge is 0.481 e. The fourth-order valence-corrected chi connectivity index (χ4v) is 1.89. The first-order valence-electron chi connectivity index (χ1n) is 6.64. The fraction of sp³-hybridized carbons (Fsp3) is 0.467. The normalized spacial score (nSPS) is 11.9. The Kier molecular flexibility index (Phi) is 6.06. The molecule has 0 aromatic heterocycles. The van der Waals surface area contributed by atoms with Crippen molar-refractivity contribution in [1.82, 2.24) is 0 Å². The highest BCUT2D eigenvalue weighted by atomic mass is 16.4. The average Bonchev–Trinajstić information content (AvgIpc) is 2.37. The summed E-state index contributed by atoms with van der Waals surface area (Å²) in [6, 6.07) is 7.35. The van der Waals surface area contributed by atoms with E-state index in [9.17, 15) is 9.59 Å². The lowest BCUT2D eigenvalue weighted by molar-refractivity contribution is -0.137. The lowest BCUT2D eigenvalue weighted by Crippen LogP contribution is -2.20. The zero-order valence-corrected chi connectivity index (χ0v) is 11.5. The highest BCUT2D eigenvalue weighted by Crippen LogP contribution is 2.15. The molecule has 19 heavy (non-hydrogen) atoms. The summed E-state index contributed by atoms with van der Waals surface area (Å²) >= 11 is 0. The van der Waals surface area contributed by atoms with Gasteiger partial charge in [-0.25, -0.2) is 0 Å². The molecule has 1 amide bonds. The number of carbonyl (C=O) groups excluding carboxylic acids is 1. The van der Waals surface area contributed by atoms with Crippen molar-refractivity contribution < 1.29 is 14.7 Å². The van der Waals surface area contributed by atoms with Gasteiger partial charge in [-0.1, -0.05) is 32.4 Å². The third-order valence-corrected chi connectivity index (χ3v) is 2.99. The van der Waals surface area contributed by atoms with Gasteiger partial charge in [0, 0.05) is 18.0 Å². The number of carboxylic acids is 1. The molecule has 4 heteroatoms. The van der Waals surface area contributed by atoms with Crippen LogP contribution in [-0.2, 0) is 16.0 Å². The van der Waals surface area contributed by atoms with Crippen LogP contribution in [0.15, 0.2) is 24.3 Å². The van der Waals surface area contributed by atoms with Crippen LogP contribution in [0, 0.1) is 5.92 Å². The molecule has 0 fully saturated rings. The first-order chi connectivity index (χ1) is 9.02. The van der Waals surface area contributed by atoms with Gasteiger partial charge in [-0.05, 0) is 30.5 Å². The Morgan fingerprint density at radius 1 is 1.37 bits per heavy atom. The molecule has 0 heterocycles. The van der Waals surface area contributed by atoms with E-state index in [-0.39, 0.29) is 18.2 Å². The molecule has 0 saturated carbocycles. The summed E-state index contributed by atoms with van der Waals surface area (Å²) in [5.41, 5.74) is 1.65. The number of rotatable bonds is 7. The predicted molar refractivity (Wildman–Crippen MR) is 75.1 cm³/mol. The monoisotopic (exact) mass is 263 g/mol. The zero-order valence-electron chi connectivity index (χ0n) is 11.5. The molecule has 0 aliphatic heterocycles. The van der Waals surface area contributed by atoms with Gasteiger partial charge in [0.05, 0.1) is 0 Å². The van der Waals surface area contributed by atoms with Gasteiger partial charge in [-0.15, -0.1) is 0 Å². The molecule has 0 saturated heterocycles. The zero-order chi connectivity index (χ0) is 14.3. The van der Waals surface area contributed by atoms with Gasteiger partial charge in [-0.3, -0.25) is 9.59 Å². The Bertz CT molecular complexity index is 443. The molecule has 2 N–H and O–H groups in total. The molecule has 1 aromatic rings. The number of aryl methyl sites for hydroxylation is 1. The Morgan fingerprint density at radius 2 is 2.11 bits per heavy atom. The Morgan fingerprint density at radius 3 is 2.74 bits per heavy atom. The van der Waals surface area contributed by atoms with Crippen LogP contribution in [0.1, 0.15) is 38.7 Å². The van der Waals surface area contributed by atoms with Crippen LogP contribution >= 0.6 is 0 Å². The smallest absolute Gasteiger partial charge is 0.303 e. The lowest BCUT2D eigenvalue weighted by Gasteiger charge is -2.11. The SMILES string of the molecule is CCCC(C)C(=O)Nc1cccc(CCC(=O)O)c1. The highest BCUT2D eigenvalue weighted by molar-refractivity contribution is 5.92. The summed E-state index contributed by atoms with van der Waals surface area (Å²) in [5, 5.41) is 11.5. The number of hydrogen-bond acceptors (Lipinski definition) is 2. The Balaban J connectivity index is 2.61. The summed E-state index contributed by atoms with van der Waals surface area (Å²) in [6.07, 6.45) is 2.42. The third kappa shape index (κ3) is 5.55. The van der Waals surface area contributed by atoms with E-state index in [0.717, 1.165) is 24.1 Å². The van der Waals surface area contributed by atoms with E-state index in [1.807, 2.05) is 31.2 Å². The van der Waals surface area contributed by atoms with Crippen LogP contribution < -0.4 is 5.32 Å². The van der Waals surface area contributed by atoms with Crippen molar-refractivity contribution in [2.75, 3.05) is 5.32 Å². The quantitative estimate of drug-likeness (QED) is 0.794. The van der Waals surface area contributed by atoms with Gasteiger partial charge >= 0.3 is 5.97 Å². The van der Waals surface area contributed by atoms with Crippen molar-refractivity contribution in [3.05, 3.63) is 29.8 Å². The molecule has 1 atom stereocenters. The number of hydrogen-bond donors (Lipinski definition) is 2. The molecule has 1 aromatic carbocycles. The molecule has 0 aliphatic carbocycles. The number of nitrogens with one attached hydrogen (secondary N) is 1. The number of aliphatic carboxylic acids is 1. The number of carbonyl (C=O) groups is 2. The first-order valence-corrected chi connectivity index (χ1v) is 6.64. The molecule has 0 aliphatic rings. The van der Waals surface area contributed by atoms with E-state index in [4.69, 9.17) is 5.11 Å². The second-order valence-electron chi connectivity index (χ2n) is 4.77. The van der Waals surface area contributed by atoms with Gasteiger partial charge in [0.15, 0.2) is 0 Å². The van der Waals surface area contributed by atoms with Gasteiger partial charge in [0.2, 0.25) is 5.91 Å². The number of benzene rings is 1. The summed E-state index contributed by atoms with van der Waals surface area (Å²) in [4.78, 5) is 22.4. The second-order valence-corrected chi connectivity index (χ2v) is 4.77. The van der Waals surface area contributed by atoms with Crippen molar-refractivity contribution in [2.24, 2.45) is 5.92 Å². The molecule has 4 nitrogen and oxygen atoms in total. The van der Waals surface area contributed by atoms with Gasteiger partial charge < -0.3 is 10.4 Å². The topological polar surface area (TPSA) is 66.4 Å². The standard InChI is InChI=1S/C15H21NO3/c1-3-5-11(2)15(19)16-13-7-4-6-12(10-13)8-9-14(17)18/h4,6-7,10-11H,3,5,8-9H2,1-2H3,(H,16,19)(H,17,18). The molecule has 104 valence electrons. The van der Waals surface area contributed by atoms with Gasteiger partial charge in [0.25, 0.3) is 0 Å². The number of carboxylic acid groups (broad SMARTS) is 1. The van der Waals surface area contributed by atoms with Crippen molar-refractivity contribution >= 4 is 17.6 Å². The average molecular weight is 263 g/mol. The maximum absolute atomic E-state index is 11.9. The van der Waals surface area contributed by atoms with E-state index in [1.165, 1.54) is 0 Å². The number of anilines is 1. The van der Waals surface area contributed by atoms with Crippen LogP contribution in [0.2, 0.25) is 0 Å². The maximum Gasteiger partial charge on any atom is 0.303 e.